The minimum Gasteiger partial charge on any atom is -0.571 e. The molecule has 1 aliphatic heterocycles. The van der Waals surface area contributed by atoms with Crippen LogP contribution in [-0.4, -0.2) is 59.0 Å². The maximum Gasteiger partial charge on any atom is 0.220 e. The van der Waals surface area contributed by atoms with E-state index in [4.69, 9.17) is 0 Å². The predicted octanol–water partition coefficient (Wildman–Crippen LogP) is 2.66. The Hall–Kier alpha value is -4.04. The lowest BCUT2D eigenvalue weighted by molar-refractivity contribution is -0.749. The Morgan fingerprint density at radius 2 is 1.49 bits per heavy atom. The molecule has 176 valence electrons. The van der Waals surface area contributed by atoms with Crippen molar-refractivity contribution in [2.45, 2.75) is 13.0 Å². The smallest absolute Gasteiger partial charge is 0.220 e. The van der Waals surface area contributed by atoms with Crippen molar-refractivity contribution in [3.8, 4) is 0 Å². The van der Waals surface area contributed by atoms with E-state index in [1.807, 2.05) is 0 Å². The van der Waals surface area contributed by atoms with Crippen LogP contribution in [0.4, 0.5) is 5.69 Å². The molecule has 0 unspecified atom stereocenters. The van der Waals surface area contributed by atoms with Gasteiger partial charge in [0.2, 0.25) is 17.3 Å². The molecule has 1 aliphatic carbocycles. The zero-order chi connectivity index (χ0) is 23.9. The number of anilines is 1. The van der Waals surface area contributed by atoms with Crippen LogP contribution in [0.25, 0.3) is 10.8 Å². The van der Waals surface area contributed by atoms with Gasteiger partial charge in [-0.25, -0.2) is 0 Å². The van der Waals surface area contributed by atoms with E-state index in [0.29, 0.717) is 29.1 Å². The summed E-state index contributed by atoms with van der Waals surface area (Å²) >= 11 is 0. The quantitative estimate of drug-likeness (QED) is 0.292. The van der Waals surface area contributed by atoms with Crippen LogP contribution < -0.4 is 9.86 Å². The maximum atomic E-state index is 13.0. The molecule has 0 atom stereocenters. The zero-order valence-corrected chi connectivity index (χ0v) is 19.3. The molecule has 4 aromatic rings. The van der Waals surface area contributed by atoms with E-state index < -0.39 is 0 Å². The molecule has 1 fully saturated rings. The van der Waals surface area contributed by atoms with Gasteiger partial charge in [-0.05, 0) is 17.9 Å². The molecule has 2 aliphatic rings. The molecule has 2 heterocycles. The van der Waals surface area contributed by atoms with Crippen molar-refractivity contribution >= 4 is 28.0 Å². The maximum absolute atomic E-state index is 13.0. The molecule has 6 rings (SSSR count). The van der Waals surface area contributed by atoms with Crippen molar-refractivity contribution in [2.24, 2.45) is 0 Å². The lowest BCUT2D eigenvalue weighted by Crippen LogP contribution is -2.47. The average Bonchev–Trinajstić information content (AvgIpc) is 3.24. The van der Waals surface area contributed by atoms with Gasteiger partial charge in [-0.3, -0.25) is 14.5 Å². The number of carbonyl (C=O) groups excluding carboxylic acids is 2. The molecule has 8 heteroatoms. The minimum absolute atomic E-state index is 0.0487. The van der Waals surface area contributed by atoms with Crippen molar-refractivity contribution in [2.75, 3.05) is 37.6 Å². The van der Waals surface area contributed by atoms with E-state index in [-0.39, 0.29) is 23.0 Å². The zero-order valence-electron chi connectivity index (χ0n) is 19.3. The van der Waals surface area contributed by atoms with Gasteiger partial charge in [0, 0.05) is 65.0 Å². The minimum atomic E-state index is -0.372. The third-order valence-corrected chi connectivity index (χ3v) is 7.04. The van der Waals surface area contributed by atoms with Crippen molar-refractivity contribution in [3.63, 3.8) is 0 Å². The van der Waals surface area contributed by atoms with Gasteiger partial charge < -0.3 is 10.1 Å². The van der Waals surface area contributed by atoms with Gasteiger partial charge in [0.1, 0.15) is 0 Å². The van der Waals surface area contributed by atoms with Crippen molar-refractivity contribution in [3.05, 3.63) is 94.5 Å². The van der Waals surface area contributed by atoms with Crippen LogP contribution in [0.15, 0.2) is 66.7 Å². The Balaban J connectivity index is 1.11. The van der Waals surface area contributed by atoms with E-state index in [0.717, 1.165) is 32.7 Å². The highest BCUT2D eigenvalue weighted by Crippen LogP contribution is 2.28. The molecule has 3 aromatic carbocycles. The van der Waals surface area contributed by atoms with E-state index >= 15 is 0 Å². The number of fused-ring (bicyclic) bond motifs is 3. The molecule has 0 spiro atoms. The first kappa shape index (κ1) is 21.5. The second-order valence-corrected chi connectivity index (χ2v) is 9.06. The number of nitrogens with zero attached hydrogens (tertiary/aromatic N) is 5. The van der Waals surface area contributed by atoms with Crippen LogP contribution in [0.2, 0.25) is 0 Å². The second-order valence-electron chi connectivity index (χ2n) is 9.06. The molecule has 35 heavy (non-hydrogen) atoms. The number of piperazine rings is 1. The number of benzene rings is 3. The SMILES string of the molecule is O=C1c2ccccc2C(=O)c2c1n[n+]([O-])n2CCCN1CCN(c2cccc3ccccc23)CC1. The van der Waals surface area contributed by atoms with Crippen LogP contribution in [-0.2, 0) is 6.54 Å². The number of hydrogen-bond donors (Lipinski definition) is 0. The van der Waals surface area contributed by atoms with E-state index in [2.05, 4.69) is 57.4 Å². The van der Waals surface area contributed by atoms with Gasteiger partial charge >= 0.3 is 0 Å². The largest absolute Gasteiger partial charge is 0.571 e. The fourth-order valence-electron chi connectivity index (χ4n) is 5.24. The van der Waals surface area contributed by atoms with E-state index in [1.54, 1.807) is 24.3 Å². The summed E-state index contributed by atoms with van der Waals surface area (Å²) in [5.41, 5.74) is 1.95. The first-order valence-corrected chi connectivity index (χ1v) is 12.0. The monoisotopic (exact) mass is 467 g/mol. The molecule has 0 amide bonds. The fourth-order valence-corrected chi connectivity index (χ4v) is 5.24. The van der Waals surface area contributed by atoms with Crippen molar-refractivity contribution in [1.82, 2.24) is 14.7 Å². The third kappa shape index (κ3) is 3.66. The first-order chi connectivity index (χ1) is 17.1. The molecule has 1 saturated heterocycles. The summed E-state index contributed by atoms with van der Waals surface area (Å²) in [6.07, 6.45) is 0.683. The van der Waals surface area contributed by atoms with Crippen molar-refractivity contribution < 1.29 is 14.5 Å². The summed E-state index contributed by atoms with van der Waals surface area (Å²) < 4.78 is 1.30. The van der Waals surface area contributed by atoms with Gasteiger partial charge in [0.25, 0.3) is 0 Å². The molecular weight excluding hydrogens is 442 g/mol. The molecule has 0 radical (unpaired) electrons. The van der Waals surface area contributed by atoms with E-state index in [9.17, 15) is 14.8 Å². The Morgan fingerprint density at radius 1 is 0.800 bits per heavy atom. The van der Waals surface area contributed by atoms with E-state index in [1.165, 1.54) is 21.1 Å². The van der Waals surface area contributed by atoms with Gasteiger partial charge in [-0.15, -0.1) is 4.68 Å². The van der Waals surface area contributed by atoms with Crippen molar-refractivity contribution in [1.29, 1.82) is 0 Å². The average molecular weight is 468 g/mol. The Labute approximate surface area is 202 Å². The number of hydrogen-bond acceptors (Lipinski definition) is 6. The Morgan fingerprint density at radius 3 is 2.29 bits per heavy atom. The van der Waals surface area contributed by atoms with Crippen LogP contribution in [0.5, 0.6) is 0 Å². The molecule has 1 aromatic heterocycles. The van der Waals surface area contributed by atoms with Gasteiger partial charge in [0.15, 0.2) is 5.69 Å². The summed E-state index contributed by atoms with van der Waals surface area (Å²) in [5.74, 6) is -0.691. The number of carbonyl (C=O) groups is 2. The Bertz CT molecular complexity index is 1450. The van der Waals surface area contributed by atoms with Crippen LogP contribution in [0.1, 0.15) is 38.5 Å². The molecule has 8 nitrogen and oxygen atoms in total. The Kier molecular flexibility index (Phi) is 5.30. The standard InChI is InChI=1S/C27H25N5O3/c33-26-21-10-3-4-11-22(21)27(34)25-24(26)28-32(35)31(25)14-6-13-29-15-17-30(18-16-29)23-12-5-8-19-7-1-2-9-20(19)23/h1-5,7-12H,6,13-18H2. The summed E-state index contributed by atoms with van der Waals surface area (Å²) in [4.78, 5) is 31.0. The number of aromatic nitrogens is 3. The molecule has 0 bridgehead atoms. The summed E-state index contributed by atoms with van der Waals surface area (Å²) in [6, 6.07) is 21.5. The molecule has 0 N–H and O–H groups in total. The van der Waals surface area contributed by atoms with Crippen LogP contribution >= 0.6 is 0 Å². The van der Waals surface area contributed by atoms with Gasteiger partial charge in [-0.2, -0.15) is 0 Å². The van der Waals surface area contributed by atoms with Gasteiger partial charge in [-0.1, -0.05) is 60.7 Å². The van der Waals surface area contributed by atoms with Crippen LogP contribution in [0, 0.1) is 5.21 Å². The topological polar surface area (TPSA) is 85.4 Å². The molecular formula is C27H25N5O3. The lowest BCUT2D eigenvalue weighted by Gasteiger charge is -2.36. The fraction of sp³-hybridized carbons (Fsp3) is 0.259. The highest BCUT2D eigenvalue weighted by Gasteiger charge is 2.39. The second kappa shape index (κ2) is 8.63. The number of ketones is 2. The molecule has 0 saturated carbocycles. The summed E-state index contributed by atoms with van der Waals surface area (Å²) in [5, 5.41) is 18.9. The summed E-state index contributed by atoms with van der Waals surface area (Å²) in [6.45, 7) is 4.84. The third-order valence-electron chi connectivity index (χ3n) is 7.04. The summed E-state index contributed by atoms with van der Waals surface area (Å²) in [7, 11) is 0. The lowest BCUT2D eigenvalue weighted by atomic mass is 9.90. The highest BCUT2D eigenvalue weighted by molar-refractivity contribution is 6.26. The van der Waals surface area contributed by atoms with Crippen LogP contribution in [0.3, 0.4) is 0 Å². The highest BCUT2D eigenvalue weighted by atomic mass is 16.5. The predicted molar refractivity (Wildman–Crippen MR) is 132 cm³/mol. The van der Waals surface area contributed by atoms with Gasteiger partial charge in [0.05, 0.1) is 6.54 Å². The number of rotatable bonds is 5. The first-order valence-electron chi connectivity index (χ1n) is 12.0. The normalized spacial score (nSPS) is 15.9.